The van der Waals surface area contributed by atoms with Crippen LogP contribution in [0.15, 0.2) is 30.3 Å². The predicted octanol–water partition coefficient (Wildman–Crippen LogP) is 5.93. The van der Waals surface area contributed by atoms with Crippen molar-refractivity contribution in [1.29, 1.82) is 0 Å². The van der Waals surface area contributed by atoms with E-state index in [1.807, 2.05) is 44.2 Å². The molecule has 0 saturated heterocycles. The number of alkyl carbamates (subject to hydrolysis) is 1. The molecule has 0 heterocycles. The van der Waals surface area contributed by atoms with Crippen molar-refractivity contribution in [3.05, 3.63) is 42.3 Å². The van der Waals surface area contributed by atoms with Gasteiger partial charge in [-0.05, 0) is 30.2 Å². The molecule has 0 bridgehead atoms. The maximum Gasteiger partial charge on any atom is 0.408 e. The van der Waals surface area contributed by atoms with Gasteiger partial charge in [0, 0.05) is 13.1 Å². The summed E-state index contributed by atoms with van der Waals surface area (Å²) in [6, 6.07) is 8.87. The van der Waals surface area contributed by atoms with Gasteiger partial charge in [0.15, 0.2) is 0 Å². The molecule has 3 amide bonds. The van der Waals surface area contributed by atoms with Gasteiger partial charge in [0.2, 0.25) is 11.8 Å². The van der Waals surface area contributed by atoms with Gasteiger partial charge in [-0.15, -0.1) is 0 Å². The highest BCUT2D eigenvalue weighted by Crippen LogP contribution is 2.11. The Bertz CT molecular complexity index is 756. The van der Waals surface area contributed by atoms with E-state index < -0.39 is 12.1 Å². The second-order valence-corrected chi connectivity index (χ2v) is 10.0. The molecule has 0 aromatic heterocycles. The van der Waals surface area contributed by atoms with Crippen LogP contribution in [0.5, 0.6) is 0 Å². The average molecular weight is 517 g/mol. The lowest BCUT2D eigenvalue weighted by atomic mass is 9.98. The second-order valence-electron chi connectivity index (χ2n) is 10.0. The maximum atomic E-state index is 12.7. The minimum absolute atomic E-state index is 0.00984. The SMILES string of the molecule is CCC(C)[CH]C(=O)NCCCCCCCCCCNC(=O)C(NC(=O)OCc1ccccc1)C(C)CC. The summed E-state index contributed by atoms with van der Waals surface area (Å²) < 4.78 is 5.29. The first kappa shape index (κ1) is 32.5. The zero-order valence-corrected chi connectivity index (χ0v) is 23.5. The van der Waals surface area contributed by atoms with Crippen molar-refractivity contribution in [1.82, 2.24) is 16.0 Å². The molecular weight excluding hydrogens is 466 g/mol. The largest absolute Gasteiger partial charge is 0.445 e. The van der Waals surface area contributed by atoms with Crippen molar-refractivity contribution in [2.45, 2.75) is 105 Å². The lowest BCUT2D eigenvalue weighted by Crippen LogP contribution is -2.50. The Morgan fingerprint density at radius 3 is 1.95 bits per heavy atom. The average Bonchev–Trinajstić information content (AvgIpc) is 2.90. The van der Waals surface area contributed by atoms with E-state index in [1.54, 1.807) is 6.42 Å². The number of rotatable bonds is 20. The van der Waals surface area contributed by atoms with Gasteiger partial charge < -0.3 is 20.7 Å². The number of benzene rings is 1. The van der Waals surface area contributed by atoms with E-state index in [9.17, 15) is 14.4 Å². The van der Waals surface area contributed by atoms with E-state index in [4.69, 9.17) is 4.74 Å². The zero-order chi connectivity index (χ0) is 27.3. The third kappa shape index (κ3) is 16.0. The molecule has 3 unspecified atom stereocenters. The summed E-state index contributed by atoms with van der Waals surface area (Å²) in [6.07, 6.45) is 11.8. The Kier molecular flexibility index (Phi) is 18.0. The number of hydrogen-bond acceptors (Lipinski definition) is 4. The topological polar surface area (TPSA) is 96.5 Å². The number of hydrogen-bond donors (Lipinski definition) is 3. The third-order valence-electron chi connectivity index (χ3n) is 6.76. The van der Waals surface area contributed by atoms with Gasteiger partial charge in [0.25, 0.3) is 0 Å². The van der Waals surface area contributed by atoms with E-state index in [1.165, 1.54) is 19.3 Å². The van der Waals surface area contributed by atoms with E-state index in [-0.39, 0.29) is 24.3 Å². The Labute approximate surface area is 224 Å². The minimum Gasteiger partial charge on any atom is -0.445 e. The van der Waals surface area contributed by atoms with Crippen LogP contribution in [0.4, 0.5) is 4.79 Å². The highest BCUT2D eigenvalue weighted by molar-refractivity contribution is 5.86. The molecule has 0 aliphatic carbocycles. The summed E-state index contributed by atoms with van der Waals surface area (Å²) >= 11 is 0. The molecular formula is C30H50N3O4. The van der Waals surface area contributed by atoms with Gasteiger partial charge in [0.05, 0.1) is 6.42 Å². The summed E-state index contributed by atoms with van der Waals surface area (Å²) in [7, 11) is 0. The molecule has 37 heavy (non-hydrogen) atoms. The van der Waals surface area contributed by atoms with Crippen molar-refractivity contribution >= 4 is 17.9 Å². The van der Waals surface area contributed by atoms with Crippen LogP contribution in [0.1, 0.15) is 97.5 Å². The monoisotopic (exact) mass is 516 g/mol. The maximum absolute atomic E-state index is 12.7. The summed E-state index contributed by atoms with van der Waals surface area (Å²) in [5.74, 6) is 0.242. The number of carbonyl (C=O) groups excluding carboxylic acids is 3. The zero-order valence-electron chi connectivity index (χ0n) is 23.5. The standard InChI is InChI=1S/C30H50N3O4/c1-5-24(3)22-27(34)31-20-16-11-9-7-8-10-12-17-21-32-29(35)28(25(4)6-2)33-30(36)37-23-26-18-14-13-15-19-26/h13-15,18-19,22,24-25,28H,5-12,16-17,20-21,23H2,1-4H3,(H,31,34)(H,32,35)(H,33,36). The van der Waals surface area contributed by atoms with Gasteiger partial charge >= 0.3 is 6.09 Å². The molecule has 0 aliphatic heterocycles. The van der Waals surface area contributed by atoms with Crippen LogP contribution in [0.3, 0.4) is 0 Å². The Morgan fingerprint density at radius 1 is 0.811 bits per heavy atom. The molecule has 0 saturated carbocycles. The van der Waals surface area contributed by atoms with Crippen molar-refractivity contribution in [3.63, 3.8) is 0 Å². The molecule has 7 heteroatoms. The molecule has 1 aromatic rings. The van der Waals surface area contributed by atoms with Crippen LogP contribution in [0, 0.1) is 18.3 Å². The van der Waals surface area contributed by atoms with E-state index in [0.717, 1.165) is 57.1 Å². The summed E-state index contributed by atoms with van der Waals surface area (Å²) in [6.45, 7) is 9.64. The molecule has 0 aliphatic rings. The molecule has 209 valence electrons. The Morgan fingerprint density at radius 2 is 1.38 bits per heavy atom. The number of amides is 3. The molecule has 1 aromatic carbocycles. The lowest BCUT2D eigenvalue weighted by Gasteiger charge is -2.23. The fourth-order valence-corrected chi connectivity index (χ4v) is 3.87. The quantitative estimate of drug-likeness (QED) is 0.187. The molecule has 1 radical (unpaired) electrons. The molecule has 3 atom stereocenters. The van der Waals surface area contributed by atoms with E-state index in [0.29, 0.717) is 12.5 Å². The van der Waals surface area contributed by atoms with Crippen molar-refractivity contribution in [3.8, 4) is 0 Å². The molecule has 0 fully saturated rings. The second kappa shape index (κ2) is 20.5. The summed E-state index contributed by atoms with van der Waals surface area (Å²) in [4.78, 5) is 36.7. The molecule has 0 spiro atoms. The summed E-state index contributed by atoms with van der Waals surface area (Å²) in [5, 5.41) is 8.69. The first-order chi connectivity index (χ1) is 17.9. The number of carbonyl (C=O) groups is 3. The first-order valence-corrected chi connectivity index (χ1v) is 14.2. The minimum atomic E-state index is -0.606. The van der Waals surface area contributed by atoms with Gasteiger partial charge in [-0.3, -0.25) is 9.59 Å². The van der Waals surface area contributed by atoms with Crippen LogP contribution in [-0.4, -0.2) is 37.0 Å². The number of unbranched alkanes of at least 4 members (excludes halogenated alkanes) is 7. The van der Waals surface area contributed by atoms with Crippen molar-refractivity contribution in [2.24, 2.45) is 11.8 Å². The van der Waals surface area contributed by atoms with Gasteiger partial charge in [-0.2, -0.15) is 0 Å². The van der Waals surface area contributed by atoms with Crippen LogP contribution < -0.4 is 16.0 Å². The highest BCUT2D eigenvalue weighted by Gasteiger charge is 2.26. The van der Waals surface area contributed by atoms with E-state index >= 15 is 0 Å². The van der Waals surface area contributed by atoms with Crippen LogP contribution in [0.25, 0.3) is 0 Å². The molecule has 3 N–H and O–H groups in total. The highest BCUT2D eigenvalue weighted by atomic mass is 16.5. The third-order valence-corrected chi connectivity index (χ3v) is 6.76. The first-order valence-electron chi connectivity index (χ1n) is 14.2. The molecule has 7 nitrogen and oxygen atoms in total. The van der Waals surface area contributed by atoms with Gasteiger partial charge in [-0.1, -0.05) is 109 Å². The van der Waals surface area contributed by atoms with Crippen LogP contribution >= 0.6 is 0 Å². The van der Waals surface area contributed by atoms with E-state index in [2.05, 4.69) is 29.8 Å². The predicted molar refractivity (Wildman–Crippen MR) is 150 cm³/mol. The van der Waals surface area contributed by atoms with Gasteiger partial charge in [0.1, 0.15) is 12.6 Å². The fourth-order valence-electron chi connectivity index (χ4n) is 3.87. The van der Waals surface area contributed by atoms with Crippen LogP contribution in [0.2, 0.25) is 0 Å². The fraction of sp³-hybridized carbons (Fsp3) is 0.667. The van der Waals surface area contributed by atoms with Crippen LogP contribution in [-0.2, 0) is 20.9 Å². The number of nitrogens with one attached hydrogen (secondary N) is 3. The Hall–Kier alpha value is -2.57. The smallest absolute Gasteiger partial charge is 0.408 e. The lowest BCUT2D eigenvalue weighted by molar-refractivity contribution is -0.124. The molecule has 1 rings (SSSR count). The number of ether oxygens (including phenoxy) is 1. The Balaban J connectivity index is 2.10. The summed E-state index contributed by atoms with van der Waals surface area (Å²) in [5.41, 5.74) is 0.905. The normalized spacial score (nSPS) is 13.3. The van der Waals surface area contributed by atoms with Gasteiger partial charge in [-0.25, -0.2) is 4.79 Å². The van der Waals surface area contributed by atoms with Crippen molar-refractivity contribution in [2.75, 3.05) is 13.1 Å². The van der Waals surface area contributed by atoms with Crippen molar-refractivity contribution < 1.29 is 19.1 Å².